The molecule has 27 heavy (non-hydrogen) atoms. The molecule has 0 aromatic heterocycles. The van der Waals surface area contributed by atoms with Crippen molar-refractivity contribution in [3.63, 3.8) is 0 Å². The van der Waals surface area contributed by atoms with Gasteiger partial charge in [0.1, 0.15) is 0 Å². The highest BCUT2D eigenvalue weighted by atomic mass is 79.9. The van der Waals surface area contributed by atoms with Gasteiger partial charge in [-0.3, -0.25) is 10.1 Å². The molecule has 144 valence electrons. The second-order valence-corrected chi connectivity index (χ2v) is 7.07. The zero-order valence-electron chi connectivity index (χ0n) is 15.4. The quantitative estimate of drug-likeness (QED) is 0.459. The molecule has 5 nitrogen and oxygen atoms in total. The fourth-order valence-corrected chi connectivity index (χ4v) is 2.94. The Hall–Kier alpha value is -2.12. The van der Waals surface area contributed by atoms with Crippen molar-refractivity contribution in [2.24, 2.45) is 0 Å². The Balaban J connectivity index is 1.90. The molecule has 0 spiro atoms. The highest BCUT2D eigenvalue weighted by Gasteiger charge is 2.11. The van der Waals surface area contributed by atoms with Crippen molar-refractivity contribution in [2.75, 3.05) is 13.7 Å². The molecule has 0 aliphatic heterocycles. The van der Waals surface area contributed by atoms with Gasteiger partial charge in [-0.25, -0.2) is 0 Å². The van der Waals surface area contributed by atoms with E-state index in [1.54, 1.807) is 19.2 Å². The predicted molar refractivity (Wildman–Crippen MR) is 114 cm³/mol. The molecule has 0 unspecified atom stereocenters. The summed E-state index contributed by atoms with van der Waals surface area (Å²) in [6.07, 6.45) is 2.07. The molecule has 0 heterocycles. The summed E-state index contributed by atoms with van der Waals surface area (Å²) in [6.45, 7) is 3.24. The monoisotopic (exact) mass is 450 g/mol. The first-order valence-electron chi connectivity index (χ1n) is 8.68. The van der Waals surface area contributed by atoms with E-state index in [1.807, 2.05) is 30.3 Å². The van der Waals surface area contributed by atoms with Crippen LogP contribution in [0.5, 0.6) is 11.5 Å². The van der Waals surface area contributed by atoms with Crippen LogP contribution in [0.25, 0.3) is 0 Å². The van der Waals surface area contributed by atoms with Crippen molar-refractivity contribution < 1.29 is 14.3 Å². The number of ether oxygens (including phenoxy) is 2. The Kier molecular flexibility index (Phi) is 8.54. The van der Waals surface area contributed by atoms with Crippen molar-refractivity contribution in [3.05, 3.63) is 58.1 Å². The zero-order valence-corrected chi connectivity index (χ0v) is 17.8. The first-order valence-corrected chi connectivity index (χ1v) is 9.88. The van der Waals surface area contributed by atoms with E-state index in [0.717, 1.165) is 24.2 Å². The summed E-state index contributed by atoms with van der Waals surface area (Å²) in [7, 11) is 1.61. The van der Waals surface area contributed by atoms with Crippen LogP contribution in [0.2, 0.25) is 0 Å². The summed E-state index contributed by atoms with van der Waals surface area (Å²) in [5, 5.41) is 5.97. The average molecular weight is 451 g/mol. The molecule has 0 radical (unpaired) electrons. The molecule has 1 amide bonds. The van der Waals surface area contributed by atoms with Gasteiger partial charge in [-0.05, 0) is 64.4 Å². The molecule has 2 aromatic rings. The van der Waals surface area contributed by atoms with Gasteiger partial charge < -0.3 is 14.8 Å². The molecule has 0 bridgehead atoms. The fraction of sp³-hybridized carbons (Fsp3) is 0.300. The maximum absolute atomic E-state index is 12.3. The van der Waals surface area contributed by atoms with Crippen molar-refractivity contribution in [1.82, 2.24) is 10.6 Å². The van der Waals surface area contributed by atoms with Crippen molar-refractivity contribution >= 4 is 39.2 Å². The van der Waals surface area contributed by atoms with Gasteiger partial charge in [0.25, 0.3) is 5.91 Å². The van der Waals surface area contributed by atoms with Crippen LogP contribution in [0, 0.1) is 0 Å². The largest absolute Gasteiger partial charge is 0.493 e. The Morgan fingerprint density at radius 2 is 1.96 bits per heavy atom. The Labute approximate surface area is 173 Å². The number of rotatable bonds is 8. The summed E-state index contributed by atoms with van der Waals surface area (Å²) in [5.74, 6) is 1.13. The number of methoxy groups -OCH3 is 1. The van der Waals surface area contributed by atoms with Crippen molar-refractivity contribution in [1.29, 1.82) is 0 Å². The van der Waals surface area contributed by atoms with Crippen LogP contribution in [0.3, 0.4) is 0 Å². The molecule has 2 N–H and O–H groups in total. The number of hydrogen-bond acceptors (Lipinski definition) is 4. The minimum Gasteiger partial charge on any atom is -0.493 e. The minimum absolute atomic E-state index is 0.262. The molecular formula is C20H23BrN2O3S. The average Bonchev–Trinajstić information content (AvgIpc) is 2.67. The molecule has 0 saturated carbocycles. The summed E-state index contributed by atoms with van der Waals surface area (Å²) < 4.78 is 11.8. The summed E-state index contributed by atoms with van der Waals surface area (Å²) in [6, 6.07) is 12.9. The van der Waals surface area contributed by atoms with Gasteiger partial charge in [0, 0.05) is 11.0 Å². The zero-order chi connectivity index (χ0) is 19.6. The Morgan fingerprint density at radius 1 is 1.19 bits per heavy atom. The van der Waals surface area contributed by atoms with Crippen LogP contribution in [0.1, 0.15) is 35.7 Å². The van der Waals surface area contributed by atoms with Gasteiger partial charge in [-0.1, -0.05) is 31.5 Å². The molecule has 0 aliphatic rings. The number of thiocarbonyl (C=S) groups is 1. The predicted octanol–water partition coefficient (Wildman–Crippen LogP) is 4.44. The SMILES string of the molecule is CCCCOc1ccc(CNC(=S)NC(=O)c2ccccc2Br)cc1OC. The number of amides is 1. The van der Waals surface area contributed by atoms with E-state index in [9.17, 15) is 4.79 Å². The summed E-state index contributed by atoms with van der Waals surface area (Å²) in [4.78, 5) is 12.3. The third kappa shape index (κ3) is 6.52. The van der Waals surface area contributed by atoms with E-state index in [2.05, 4.69) is 33.5 Å². The summed E-state index contributed by atoms with van der Waals surface area (Å²) >= 11 is 8.57. The molecule has 0 atom stereocenters. The lowest BCUT2D eigenvalue weighted by atomic mass is 10.2. The maximum Gasteiger partial charge on any atom is 0.258 e. The van der Waals surface area contributed by atoms with E-state index in [1.165, 1.54) is 0 Å². The van der Waals surface area contributed by atoms with Gasteiger partial charge in [-0.2, -0.15) is 0 Å². The van der Waals surface area contributed by atoms with Gasteiger partial charge in [-0.15, -0.1) is 0 Å². The van der Waals surface area contributed by atoms with Gasteiger partial charge in [0.15, 0.2) is 16.6 Å². The van der Waals surface area contributed by atoms with Crippen LogP contribution in [0.4, 0.5) is 0 Å². The number of hydrogen-bond donors (Lipinski definition) is 2. The second kappa shape index (κ2) is 10.9. The topological polar surface area (TPSA) is 59.6 Å². The third-order valence-corrected chi connectivity index (χ3v) is 4.72. The number of nitrogens with one attached hydrogen (secondary N) is 2. The molecule has 2 rings (SSSR count). The maximum atomic E-state index is 12.3. The van der Waals surface area contributed by atoms with E-state index < -0.39 is 0 Å². The molecular weight excluding hydrogens is 428 g/mol. The Morgan fingerprint density at radius 3 is 2.67 bits per heavy atom. The Bertz CT molecular complexity index is 799. The van der Waals surface area contributed by atoms with Crippen LogP contribution in [-0.4, -0.2) is 24.7 Å². The molecule has 2 aromatic carbocycles. The number of carbonyl (C=O) groups excluding carboxylic acids is 1. The van der Waals surface area contributed by atoms with Gasteiger partial charge in [0.2, 0.25) is 0 Å². The normalized spacial score (nSPS) is 10.2. The smallest absolute Gasteiger partial charge is 0.258 e. The van der Waals surface area contributed by atoms with Gasteiger partial charge >= 0.3 is 0 Å². The molecule has 7 heteroatoms. The van der Waals surface area contributed by atoms with Gasteiger partial charge in [0.05, 0.1) is 19.3 Å². The number of unbranched alkanes of at least 4 members (excludes halogenated alkanes) is 1. The van der Waals surface area contributed by atoms with Crippen molar-refractivity contribution in [3.8, 4) is 11.5 Å². The van der Waals surface area contributed by atoms with Crippen LogP contribution < -0.4 is 20.1 Å². The lowest BCUT2D eigenvalue weighted by Crippen LogP contribution is -2.38. The number of carbonyl (C=O) groups is 1. The standard InChI is InChI=1S/C20H23BrN2O3S/c1-3-4-11-26-17-10-9-14(12-18(17)25-2)13-22-20(27)23-19(24)15-7-5-6-8-16(15)21/h5-10,12H,3-4,11,13H2,1-2H3,(H2,22,23,24,27). The number of halogens is 1. The van der Waals surface area contributed by atoms with E-state index >= 15 is 0 Å². The van der Waals surface area contributed by atoms with E-state index in [0.29, 0.717) is 28.9 Å². The van der Waals surface area contributed by atoms with Crippen molar-refractivity contribution in [2.45, 2.75) is 26.3 Å². The number of benzene rings is 2. The lowest BCUT2D eigenvalue weighted by molar-refractivity contribution is 0.0976. The lowest BCUT2D eigenvalue weighted by Gasteiger charge is -2.13. The molecule has 0 aliphatic carbocycles. The van der Waals surface area contributed by atoms with Crippen LogP contribution in [-0.2, 0) is 6.54 Å². The van der Waals surface area contributed by atoms with E-state index in [-0.39, 0.29) is 11.0 Å². The van der Waals surface area contributed by atoms with Crippen LogP contribution >= 0.6 is 28.1 Å². The minimum atomic E-state index is -0.266. The third-order valence-electron chi connectivity index (χ3n) is 3.78. The summed E-state index contributed by atoms with van der Waals surface area (Å²) in [5.41, 5.74) is 1.49. The molecule has 0 fully saturated rings. The molecule has 0 saturated heterocycles. The van der Waals surface area contributed by atoms with Crippen LogP contribution in [0.15, 0.2) is 46.9 Å². The first kappa shape index (κ1) is 21.2. The highest BCUT2D eigenvalue weighted by molar-refractivity contribution is 9.10. The fourth-order valence-electron chi connectivity index (χ4n) is 2.31. The highest BCUT2D eigenvalue weighted by Crippen LogP contribution is 2.28. The second-order valence-electron chi connectivity index (χ2n) is 5.80. The first-order chi connectivity index (χ1) is 13.0. The van der Waals surface area contributed by atoms with E-state index in [4.69, 9.17) is 21.7 Å².